The summed E-state index contributed by atoms with van der Waals surface area (Å²) in [7, 11) is 0. The second-order valence-corrected chi connectivity index (χ2v) is 5.10. The number of aromatic carboxylic acids is 1. The van der Waals surface area contributed by atoms with Crippen molar-refractivity contribution in [3.63, 3.8) is 0 Å². The molecule has 4 nitrogen and oxygen atoms in total. The van der Waals surface area contributed by atoms with Crippen molar-refractivity contribution in [2.75, 3.05) is 0 Å². The van der Waals surface area contributed by atoms with E-state index in [2.05, 4.69) is 9.97 Å². The first-order chi connectivity index (χ1) is 9.54. The molecule has 0 saturated heterocycles. The fraction of sp³-hybridized carbons (Fsp3) is 0. The number of aromatic nitrogens is 2. The van der Waals surface area contributed by atoms with Crippen LogP contribution in [0.5, 0.6) is 0 Å². The Balaban J connectivity index is 2.17. The number of halogens is 2. The molecule has 6 heteroatoms. The summed E-state index contributed by atoms with van der Waals surface area (Å²) in [6.07, 6.45) is 0. The van der Waals surface area contributed by atoms with E-state index in [4.69, 9.17) is 28.3 Å². The number of fused-ring (bicyclic) bond motifs is 1. The number of carboxylic acid groups (broad SMARTS) is 1. The average Bonchev–Trinajstić information content (AvgIpc) is 2.83. The van der Waals surface area contributed by atoms with E-state index in [-0.39, 0.29) is 5.56 Å². The molecule has 0 aliphatic carbocycles. The Kier molecular flexibility index (Phi) is 3.12. The number of rotatable bonds is 2. The van der Waals surface area contributed by atoms with Crippen LogP contribution in [-0.2, 0) is 0 Å². The van der Waals surface area contributed by atoms with Gasteiger partial charge in [0.05, 0.1) is 16.1 Å². The monoisotopic (exact) mass is 306 g/mol. The van der Waals surface area contributed by atoms with E-state index in [1.165, 1.54) is 6.07 Å². The maximum absolute atomic E-state index is 11.0. The van der Waals surface area contributed by atoms with Gasteiger partial charge in [0.25, 0.3) is 0 Å². The topological polar surface area (TPSA) is 66.0 Å². The average molecular weight is 307 g/mol. The Hall–Kier alpha value is -2.04. The molecule has 3 rings (SSSR count). The molecule has 0 unspecified atom stereocenters. The molecule has 1 aromatic heterocycles. The minimum Gasteiger partial charge on any atom is -0.478 e. The lowest BCUT2D eigenvalue weighted by atomic mass is 10.1. The predicted octanol–water partition coefficient (Wildman–Crippen LogP) is 4.23. The molecule has 100 valence electrons. The predicted molar refractivity (Wildman–Crippen MR) is 78.5 cm³/mol. The number of nitrogens with one attached hydrogen (secondary N) is 1. The molecule has 2 aromatic carbocycles. The number of hydrogen-bond donors (Lipinski definition) is 2. The van der Waals surface area contributed by atoms with Gasteiger partial charge in [0.15, 0.2) is 0 Å². The van der Waals surface area contributed by atoms with E-state index in [9.17, 15) is 4.79 Å². The maximum Gasteiger partial charge on any atom is 0.335 e. The van der Waals surface area contributed by atoms with E-state index >= 15 is 0 Å². The molecular formula is C14H8Cl2N2O2. The highest BCUT2D eigenvalue weighted by atomic mass is 35.5. The summed E-state index contributed by atoms with van der Waals surface area (Å²) in [5.41, 5.74) is 2.19. The number of carboxylic acids is 1. The van der Waals surface area contributed by atoms with Crippen LogP contribution in [0.15, 0.2) is 36.4 Å². The van der Waals surface area contributed by atoms with Crippen molar-refractivity contribution >= 4 is 40.2 Å². The number of nitrogens with zero attached hydrogens (tertiary/aromatic N) is 1. The zero-order valence-corrected chi connectivity index (χ0v) is 11.5. The van der Waals surface area contributed by atoms with Gasteiger partial charge in [-0.25, -0.2) is 9.78 Å². The van der Waals surface area contributed by atoms with Gasteiger partial charge in [0, 0.05) is 10.6 Å². The molecular weight excluding hydrogens is 299 g/mol. The van der Waals surface area contributed by atoms with Crippen LogP contribution < -0.4 is 0 Å². The second kappa shape index (κ2) is 4.81. The van der Waals surface area contributed by atoms with Gasteiger partial charge in [-0.05, 0) is 24.3 Å². The molecule has 0 fully saturated rings. The van der Waals surface area contributed by atoms with Gasteiger partial charge in [-0.1, -0.05) is 35.3 Å². The van der Waals surface area contributed by atoms with Crippen molar-refractivity contribution in [1.82, 2.24) is 9.97 Å². The smallest absolute Gasteiger partial charge is 0.335 e. The van der Waals surface area contributed by atoms with Crippen LogP contribution in [0.4, 0.5) is 0 Å². The minimum atomic E-state index is -0.982. The summed E-state index contributed by atoms with van der Waals surface area (Å²) in [5, 5.41) is 9.97. The third kappa shape index (κ3) is 2.24. The summed E-state index contributed by atoms with van der Waals surface area (Å²) in [6.45, 7) is 0. The highest BCUT2D eigenvalue weighted by Gasteiger charge is 2.11. The summed E-state index contributed by atoms with van der Waals surface area (Å²) in [5.74, 6) is -0.434. The maximum atomic E-state index is 11.0. The molecule has 0 amide bonds. The molecule has 2 N–H and O–H groups in total. The number of H-pyrrole nitrogens is 1. The van der Waals surface area contributed by atoms with Gasteiger partial charge in [0.2, 0.25) is 0 Å². The van der Waals surface area contributed by atoms with Crippen LogP contribution in [0.2, 0.25) is 10.0 Å². The van der Waals surface area contributed by atoms with Crippen molar-refractivity contribution < 1.29 is 9.90 Å². The summed E-state index contributed by atoms with van der Waals surface area (Å²) >= 11 is 12.0. The van der Waals surface area contributed by atoms with Crippen LogP contribution in [0.3, 0.4) is 0 Å². The summed E-state index contributed by atoms with van der Waals surface area (Å²) in [6, 6.07) is 9.86. The van der Waals surface area contributed by atoms with Crippen LogP contribution in [0, 0.1) is 0 Å². The Morgan fingerprint density at radius 1 is 1.20 bits per heavy atom. The molecule has 0 spiro atoms. The SMILES string of the molecule is O=C(O)c1cccc(-c2nc3c(Cl)cc(Cl)cc3[nH]2)c1. The molecule has 0 aliphatic rings. The molecule has 3 aromatic rings. The highest BCUT2D eigenvalue weighted by molar-refractivity contribution is 6.38. The van der Waals surface area contributed by atoms with Crippen molar-refractivity contribution in [2.45, 2.75) is 0 Å². The van der Waals surface area contributed by atoms with Gasteiger partial charge in [0.1, 0.15) is 11.3 Å². The Morgan fingerprint density at radius 3 is 2.75 bits per heavy atom. The lowest BCUT2D eigenvalue weighted by Crippen LogP contribution is -1.95. The normalized spacial score (nSPS) is 10.9. The standard InChI is InChI=1S/C14H8Cl2N2O2/c15-9-5-10(16)12-11(6-9)17-13(18-12)7-2-1-3-8(4-7)14(19)20/h1-6H,(H,17,18)(H,19,20). The van der Waals surface area contributed by atoms with E-state index in [0.717, 1.165) is 0 Å². The Morgan fingerprint density at radius 2 is 2.00 bits per heavy atom. The van der Waals surface area contributed by atoms with Crippen molar-refractivity contribution in [3.05, 3.63) is 52.0 Å². The number of imidazole rings is 1. The molecule has 20 heavy (non-hydrogen) atoms. The Bertz CT molecular complexity index is 827. The zero-order chi connectivity index (χ0) is 14.3. The largest absolute Gasteiger partial charge is 0.478 e. The van der Waals surface area contributed by atoms with Crippen LogP contribution in [-0.4, -0.2) is 21.0 Å². The van der Waals surface area contributed by atoms with Crippen molar-refractivity contribution in [3.8, 4) is 11.4 Å². The molecule has 0 bridgehead atoms. The first-order valence-corrected chi connectivity index (χ1v) is 6.48. The van der Waals surface area contributed by atoms with Crippen LogP contribution in [0.25, 0.3) is 22.4 Å². The number of hydrogen-bond acceptors (Lipinski definition) is 2. The molecule has 1 heterocycles. The number of carbonyl (C=O) groups is 1. The first kappa shape index (κ1) is 13.0. The van der Waals surface area contributed by atoms with Gasteiger partial charge in [-0.15, -0.1) is 0 Å². The van der Waals surface area contributed by atoms with Gasteiger partial charge >= 0.3 is 5.97 Å². The lowest BCUT2D eigenvalue weighted by Gasteiger charge is -1.98. The minimum absolute atomic E-state index is 0.201. The molecule has 0 radical (unpaired) electrons. The van der Waals surface area contributed by atoms with Gasteiger partial charge in [-0.2, -0.15) is 0 Å². The van der Waals surface area contributed by atoms with E-state index in [1.54, 1.807) is 30.3 Å². The summed E-state index contributed by atoms with van der Waals surface area (Å²) < 4.78 is 0. The van der Waals surface area contributed by atoms with E-state index in [1.807, 2.05) is 0 Å². The third-order valence-electron chi connectivity index (χ3n) is 2.89. The van der Waals surface area contributed by atoms with Crippen LogP contribution in [0.1, 0.15) is 10.4 Å². The summed E-state index contributed by atoms with van der Waals surface area (Å²) in [4.78, 5) is 18.5. The van der Waals surface area contributed by atoms with Crippen LogP contribution >= 0.6 is 23.2 Å². The van der Waals surface area contributed by atoms with E-state index < -0.39 is 5.97 Å². The lowest BCUT2D eigenvalue weighted by molar-refractivity contribution is 0.0697. The fourth-order valence-corrected chi connectivity index (χ4v) is 2.51. The second-order valence-electron chi connectivity index (χ2n) is 4.26. The Labute approximate surface area is 124 Å². The molecule has 0 atom stereocenters. The highest BCUT2D eigenvalue weighted by Crippen LogP contribution is 2.29. The quantitative estimate of drug-likeness (QED) is 0.744. The number of aromatic amines is 1. The van der Waals surface area contributed by atoms with Gasteiger partial charge in [-0.3, -0.25) is 0 Å². The van der Waals surface area contributed by atoms with E-state index in [0.29, 0.717) is 32.5 Å². The molecule has 0 saturated carbocycles. The third-order valence-corrected chi connectivity index (χ3v) is 3.39. The first-order valence-electron chi connectivity index (χ1n) is 5.73. The van der Waals surface area contributed by atoms with Gasteiger partial charge < -0.3 is 10.1 Å². The zero-order valence-electron chi connectivity index (χ0n) is 10.0. The van der Waals surface area contributed by atoms with Crippen molar-refractivity contribution in [1.29, 1.82) is 0 Å². The van der Waals surface area contributed by atoms with Crippen molar-refractivity contribution in [2.24, 2.45) is 0 Å². The fourth-order valence-electron chi connectivity index (χ4n) is 1.98. The molecule has 0 aliphatic heterocycles. The number of benzene rings is 2.